The molecule has 0 aliphatic carbocycles. The second-order valence-corrected chi connectivity index (χ2v) is 16.5. The molecule has 2 heterocycles. The molecular formula is C41H7F27N4S2. The first kappa shape index (κ1) is 53.4. The average molecular weight is 1130 g/mol. The van der Waals surface area contributed by atoms with Gasteiger partial charge in [0.05, 0.1) is 32.9 Å². The van der Waals surface area contributed by atoms with Crippen molar-refractivity contribution >= 4 is 78.2 Å². The molecule has 1 atom stereocenters. The Morgan fingerprint density at radius 2 is 0.797 bits per heavy atom. The number of halogens is 27. The Balaban J connectivity index is 1.39. The lowest BCUT2D eigenvalue weighted by Gasteiger charge is -2.35. The molecule has 0 spiro atoms. The Bertz CT molecular complexity index is 3630. The van der Waals surface area contributed by atoms with Crippen molar-refractivity contribution in [1.29, 1.82) is 0 Å². The molecule has 0 amide bonds. The fourth-order valence-corrected chi connectivity index (χ4v) is 9.22. The summed E-state index contributed by atoms with van der Waals surface area (Å²) in [6.07, 6.45) is -13.4. The van der Waals surface area contributed by atoms with Crippen LogP contribution < -0.4 is 15.1 Å². The summed E-state index contributed by atoms with van der Waals surface area (Å²) in [6, 6.07) is 0. The highest BCUT2D eigenvalue weighted by atomic mass is 32.2. The van der Waals surface area contributed by atoms with Crippen LogP contribution in [0, 0.1) is 129 Å². The molecule has 7 aromatic rings. The van der Waals surface area contributed by atoms with Crippen molar-refractivity contribution < 1.29 is 119 Å². The van der Waals surface area contributed by atoms with E-state index in [0.717, 1.165) is 0 Å². The lowest BCUT2D eigenvalue weighted by Crippen LogP contribution is -2.41. The molecule has 6 aromatic carbocycles. The molecule has 4 nitrogen and oxygen atoms in total. The van der Waals surface area contributed by atoms with Crippen LogP contribution in [0.25, 0.3) is 27.2 Å². The second-order valence-electron chi connectivity index (χ2n) is 14.7. The van der Waals surface area contributed by atoms with Gasteiger partial charge in [0.1, 0.15) is 33.9 Å². The first-order chi connectivity index (χ1) is 34.2. The molecule has 8 rings (SSSR count). The average Bonchev–Trinajstić information content (AvgIpc) is 4.02. The van der Waals surface area contributed by atoms with Gasteiger partial charge in [-0.1, -0.05) is 11.8 Å². The summed E-state index contributed by atoms with van der Waals surface area (Å²) in [6.45, 7) is 0.323. The van der Waals surface area contributed by atoms with Gasteiger partial charge < -0.3 is 10.2 Å². The van der Waals surface area contributed by atoms with Crippen molar-refractivity contribution in [3.63, 3.8) is 0 Å². The van der Waals surface area contributed by atoms with E-state index in [9.17, 15) is 65.9 Å². The zero-order valence-corrected chi connectivity index (χ0v) is 35.7. The normalized spacial score (nSPS) is 14.2. The zero-order chi connectivity index (χ0) is 55.2. The molecule has 1 N–H and O–H groups in total. The van der Waals surface area contributed by atoms with E-state index in [1.165, 1.54) is 0 Å². The highest BCUT2D eigenvalue weighted by Crippen LogP contribution is 2.53. The number of aromatic nitrogens is 1. The lowest BCUT2D eigenvalue weighted by molar-refractivity contribution is -0.147. The van der Waals surface area contributed by atoms with Gasteiger partial charge in [0.2, 0.25) is 0 Å². The number of alkyl halides is 6. The smallest absolute Gasteiger partial charge is 0.354 e. The highest BCUT2D eigenvalue weighted by Gasteiger charge is 2.51. The van der Waals surface area contributed by atoms with Gasteiger partial charge in [-0.2, -0.15) is 26.3 Å². The lowest BCUT2D eigenvalue weighted by atomic mass is 10.0. The van der Waals surface area contributed by atoms with Gasteiger partial charge in [0.25, 0.3) is 0 Å². The topological polar surface area (TPSA) is 31.4 Å². The molecule has 1 aliphatic rings. The van der Waals surface area contributed by atoms with Crippen LogP contribution in [-0.2, 0) is 12.4 Å². The number of hydrogen-bond donors (Lipinski definition) is 1. The van der Waals surface area contributed by atoms with Crippen molar-refractivity contribution in [2.45, 2.75) is 24.8 Å². The van der Waals surface area contributed by atoms with Crippen LogP contribution in [-0.4, -0.2) is 10.5 Å². The van der Waals surface area contributed by atoms with Crippen LogP contribution >= 0.6 is 23.1 Å². The molecule has 1 aromatic heterocycles. The van der Waals surface area contributed by atoms with Crippen LogP contribution in [0.2, 0.25) is 0 Å². The van der Waals surface area contributed by atoms with E-state index in [4.69, 9.17) is 0 Å². The number of fused-ring (bicyclic) bond motifs is 2. The minimum absolute atomic E-state index is 0.292. The predicted molar refractivity (Wildman–Crippen MR) is 203 cm³/mol. The van der Waals surface area contributed by atoms with Crippen molar-refractivity contribution in [2.75, 3.05) is 9.80 Å². The summed E-state index contributed by atoms with van der Waals surface area (Å²) in [7, 11) is 0. The third-order valence-electron chi connectivity index (χ3n) is 10.7. The van der Waals surface area contributed by atoms with Crippen LogP contribution in [0.15, 0.2) is 10.8 Å². The fourth-order valence-electron chi connectivity index (χ4n) is 7.40. The molecule has 0 saturated carbocycles. The summed E-state index contributed by atoms with van der Waals surface area (Å²) in [5.41, 5.74) is -25.0. The Labute approximate surface area is 396 Å². The van der Waals surface area contributed by atoms with Gasteiger partial charge in [-0.3, -0.25) is 4.90 Å². The molecule has 0 saturated heterocycles. The van der Waals surface area contributed by atoms with Crippen molar-refractivity contribution in [3.05, 3.63) is 155 Å². The number of nitrogens with one attached hydrogen (secondary N) is 1. The molecule has 0 radical (unpaired) electrons. The molecule has 0 fully saturated rings. The monoisotopic (exact) mass is 1130 g/mol. The van der Waals surface area contributed by atoms with Crippen molar-refractivity contribution in [1.82, 2.24) is 10.3 Å². The number of benzene rings is 6. The molecule has 74 heavy (non-hydrogen) atoms. The van der Waals surface area contributed by atoms with E-state index in [0.29, 0.717) is 17.7 Å². The van der Waals surface area contributed by atoms with Crippen molar-refractivity contribution in [3.8, 4) is 0 Å². The second kappa shape index (κ2) is 17.9. The fraction of sp³-hybridized carbons (Fsp3) is 0.0976. The Kier molecular flexibility index (Phi) is 12.9. The number of nitrogens with zero attached hydrogens (tertiary/aromatic N) is 3. The number of thioether (sulfide) groups is 1. The van der Waals surface area contributed by atoms with Gasteiger partial charge in [-0.25, -0.2) is 97.2 Å². The number of anilines is 5. The largest absolute Gasteiger partial charge is 0.422 e. The molecule has 392 valence electrons. The Morgan fingerprint density at radius 3 is 1.27 bits per heavy atom. The minimum Gasteiger partial charge on any atom is -0.354 e. The highest BCUT2D eigenvalue weighted by molar-refractivity contribution is 8.03. The van der Waals surface area contributed by atoms with Gasteiger partial charge in [0, 0.05) is 16.4 Å². The zero-order valence-electron chi connectivity index (χ0n) is 34.1. The quantitative estimate of drug-likeness (QED) is 0.0977. The first-order valence-corrected chi connectivity index (χ1v) is 20.5. The van der Waals surface area contributed by atoms with E-state index in [1.54, 1.807) is 5.32 Å². The van der Waals surface area contributed by atoms with Crippen LogP contribution in [0.1, 0.15) is 22.4 Å². The van der Waals surface area contributed by atoms with E-state index in [-0.39, 0.29) is 11.3 Å². The van der Waals surface area contributed by atoms with E-state index in [2.05, 4.69) is 4.98 Å². The third kappa shape index (κ3) is 7.63. The van der Waals surface area contributed by atoms with Gasteiger partial charge in [-0.05, 0) is 6.92 Å². The number of thiazole rings is 1. The summed E-state index contributed by atoms with van der Waals surface area (Å²) >= 11 is -0.731. The molecule has 33 heteroatoms. The molecular weight excluding hydrogens is 1130 g/mol. The summed E-state index contributed by atoms with van der Waals surface area (Å²) in [5, 5.41) is -8.93. The summed E-state index contributed by atoms with van der Waals surface area (Å²) in [4.78, 5) is 1.64. The van der Waals surface area contributed by atoms with Crippen molar-refractivity contribution in [2.24, 2.45) is 0 Å². The predicted octanol–water partition coefficient (Wildman–Crippen LogP) is 15.9. The van der Waals surface area contributed by atoms with E-state index >= 15 is 52.7 Å². The standard InChI is InChI=1S/C41H7F27N4S2/c1-4-13(42)26(55)33(62)35(14(4)43)72(37-22(51)10-8(20(49)32(37)61)16(45)28(57)30(59)18(10)47)39-70-6(3-74-39)5-2-73-38(69-5)71(34-12(41(66,67)68)24(53)23(52)11(25(34)54)40(63,64)65)36-21(50)9-7(19(48)31(36)60)15(44)27(56)29(58)17(9)46/h2-3,38,69H,1H3. The minimum atomic E-state index is -6.73. The maximum Gasteiger partial charge on any atom is 0.422 e. The van der Waals surface area contributed by atoms with Crippen LogP contribution in [0.3, 0.4) is 0 Å². The van der Waals surface area contributed by atoms with Crippen LogP contribution in [0.4, 0.5) is 146 Å². The van der Waals surface area contributed by atoms with E-state index < -0.39 is 239 Å². The van der Waals surface area contributed by atoms with Crippen LogP contribution in [0.5, 0.6) is 0 Å². The molecule has 1 aliphatic heterocycles. The molecule has 0 bridgehead atoms. The van der Waals surface area contributed by atoms with Gasteiger partial charge >= 0.3 is 12.4 Å². The summed E-state index contributed by atoms with van der Waals surface area (Å²) in [5.74, 6) is -63.3. The molecule has 1 unspecified atom stereocenters. The SMILES string of the molecule is Cc1c(F)c(F)c(F)c(N(c2nc(C3=CSC(N(c4c(F)c(C(F)(F)F)c(F)c(F)c4C(F)(F)F)c4c(F)c(F)c5c(F)c(F)c(F)c(F)c5c4F)N3)cs2)c2c(F)c(F)c3c(F)c(F)c(F)c(F)c3c2F)c1F. The maximum absolute atomic E-state index is 16.5. The Hall–Kier alpha value is -6.93. The Morgan fingerprint density at radius 1 is 0.419 bits per heavy atom. The number of hydrogen-bond acceptors (Lipinski definition) is 6. The van der Waals surface area contributed by atoms with E-state index in [1.807, 2.05) is 0 Å². The van der Waals surface area contributed by atoms with Gasteiger partial charge in [0.15, 0.2) is 133 Å². The number of rotatable bonds is 7. The maximum atomic E-state index is 16.5. The third-order valence-corrected chi connectivity index (χ3v) is 12.5. The first-order valence-electron chi connectivity index (χ1n) is 18.7. The summed E-state index contributed by atoms with van der Waals surface area (Å²) < 4.78 is 407. The van der Waals surface area contributed by atoms with Gasteiger partial charge in [-0.15, -0.1) is 11.3 Å².